The second-order valence-electron chi connectivity index (χ2n) is 5.54. The molecule has 0 spiro atoms. The standard InChI is InChI=1S/C17H26N4O.ClH/c1-5-11-21(6-2)15-9-7-14(8-10-15)17-19-16(20-22-17)12-13(3)18-4;/h7-10,13,18H,5-6,11-12H2,1-4H3;1H. The number of nitrogens with one attached hydrogen (secondary N) is 1. The topological polar surface area (TPSA) is 54.2 Å². The zero-order valence-corrected chi connectivity index (χ0v) is 15.2. The highest BCUT2D eigenvalue weighted by Crippen LogP contribution is 2.22. The third kappa shape index (κ3) is 5.22. The zero-order chi connectivity index (χ0) is 15.9. The lowest BCUT2D eigenvalue weighted by Crippen LogP contribution is -2.24. The minimum atomic E-state index is 0. The average molecular weight is 339 g/mol. The fourth-order valence-electron chi connectivity index (χ4n) is 2.38. The molecule has 1 aromatic heterocycles. The molecule has 0 amide bonds. The highest BCUT2D eigenvalue weighted by molar-refractivity contribution is 5.85. The van der Waals surface area contributed by atoms with Crippen molar-refractivity contribution in [2.45, 2.75) is 39.7 Å². The molecule has 0 aliphatic heterocycles. The van der Waals surface area contributed by atoms with Crippen LogP contribution in [0.15, 0.2) is 28.8 Å². The van der Waals surface area contributed by atoms with Crippen LogP contribution in [-0.4, -0.2) is 36.3 Å². The molecule has 6 heteroatoms. The van der Waals surface area contributed by atoms with Crippen molar-refractivity contribution in [1.29, 1.82) is 0 Å². The molecule has 128 valence electrons. The van der Waals surface area contributed by atoms with E-state index in [-0.39, 0.29) is 12.4 Å². The summed E-state index contributed by atoms with van der Waals surface area (Å²) in [7, 11) is 1.93. The van der Waals surface area contributed by atoms with E-state index >= 15 is 0 Å². The predicted molar refractivity (Wildman–Crippen MR) is 97.4 cm³/mol. The van der Waals surface area contributed by atoms with Crippen molar-refractivity contribution < 1.29 is 4.52 Å². The largest absolute Gasteiger partial charge is 0.372 e. The highest BCUT2D eigenvalue weighted by Gasteiger charge is 2.11. The van der Waals surface area contributed by atoms with Crippen LogP contribution in [0.25, 0.3) is 11.5 Å². The van der Waals surface area contributed by atoms with Gasteiger partial charge in [0.2, 0.25) is 0 Å². The summed E-state index contributed by atoms with van der Waals surface area (Å²) in [5.74, 6) is 1.32. The van der Waals surface area contributed by atoms with E-state index < -0.39 is 0 Å². The molecule has 0 aliphatic rings. The maximum Gasteiger partial charge on any atom is 0.257 e. The van der Waals surface area contributed by atoms with Crippen molar-refractivity contribution in [3.8, 4) is 11.5 Å². The van der Waals surface area contributed by atoms with E-state index in [0.29, 0.717) is 11.9 Å². The SMILES string of the molecule is CCCN(CC)c1ccc(-c2nc(CC(C)NC)no2)cc1.Cl. The summed E-state index contributed by atoms with van der Waals surface area (Å²) >= 11 is 0. The summed E-state index contributed by atoms with van der Waals surface area (Å²) in [5, 5.41) is 7.22. The van der Waals surface area contributed by atoms with Crippen LogP contribution in [0.3, 0.4) is 0 Å². The van der Waals surface area contributed by atoms with Gasteiger partial charge < -0.3 is 14.7 Å². The second-order valence-corrected chi connectivity index (χ2v) is 5.54. The number of hydrogen-bond acceptors (Lipinski definition) is 5. The fourth-order valence-corrected chi connectivity index (χ4v) is 2.38. The van der Waals surface area contributed by atoms with Gasteiger partial charge in [-0.2, -0.15) is 4.98 Å². The van der Waals surface area contributed by atoms with Gasteiger partial charge in [-0.25, -0.2) is 0 Å². The van der Waals surface area contributed by atoms with Crippen molar-refractivity contribution in [3.05, 3.63) is 30.1 Å². The maximum atomic E-state index is 5.37. The molecule has 1 heterocycles. The molecular weight excluding hydrogens is 312 g/mol. The Morgan fingerprint density at radius 3 is 2.48 bits per heavy atom. The van der Waals surface area contributed by atoms with Gasteiger partial charge in [-0.1, -0.05) is 12.1 Å². The van der Waals surface area contributed by atoms with Gasteiger partial charge in [0.15, 0.2) is 5.82 Å². The Hall–Kier alpha value is -1.59. The van der Waals surface area contributed by atoms with Gasteiger partial charge in [-0.15, -0.1) is 12.4 Å². The van der Waals surface area contributed by atoms with Gasteiger partial charge in [0, 0.05) is 36.8 Å². The summed E-state index contributed by atoms with van der Waals surface area (Å²) in [6.45, 7) is 8.56. The molecule has 0 radical (unpaired) electrons. The van der Waals surface area contributed by atoms with Gasteiger partial charge in [-0.3, -0.25) is 0 Å². The Balaban J connectivity index is 0.00000264. The number of rotatable bonds is 8. The number of benzene rings is 1. The van der Waals surface area contributed by atoms with Gasteiger partial charge in [0.05, 0.1) is 0 Å². The summed E-state index contributed by atoms with van der Waals surface area (Å²) in [5.41, 5.74) is 2.20. The Morgan fingerprint density at radius 1 is 1.22 bits per heavy atom. The van der Waals surface area contributed by atoms with Crippen molar-refractivity contribution in [1.82, 2.24) is 15.5 Å². The van der Waals surface area contributed by atoms with Crippen LogP contribution in [0.2, 0.25) is 0 Å². The fraction of sp³-hybridized carbons (Fsp3) is 0.529. The normalized spacial score (nSPS) is 11.8. The van der Waals surface area contributed by atoms with Crippen molar-refractivity contribution in [2.24, 2.45) is 0 Å². The lowest BCUT2D eigenvalue weighted by Gasteiger charge is -2.22. The van der Waals surface area contributed by atoms with Crippen molar-refractivity contribution in [2.75, 3.05) is 25.0 Å². The van der Waals surface area contributed by atoms with Crippen LogP contribution in [0, 0.1) is 0 Å². The molecule has 0 bridgehead atoms. The number of likely N-dealkylation sites (N-methyl/N-ethyl adjacent to an activating group) is 1. The number of halogens is 1. The Labute approximate surface area is 144 Å². The first-order valence-electron chi connectivity index (χ1n) is 8.03. The molecule has 1 aromatic carbocycles. The third-order valence-electron chi connectivity index (χ3n) is 3.80. The molecule has 23 heavy (non-hydrogen) atoms. The number of aromatic nitrogens is 2. The smallest absolute Gasteiger partial charge is 0.257 e. The minimum absolute atomic E-state index is 0. The molecule has 5 nitrogen and oxygen atoms in total. The first kappa shape index (κ1) is 19.5. The molecule has 1 N–H and O–H groups in total. The Bertz CT molecular complexity index is 570. The van der Waals surface area contributed by atoms with E-state index in [1.165, 1.54) is 5.69 Å². The summed E-state index contributed by atoms with van der Waals surface area (Å²) < 4.78 is 5.37. The van der Waals surface area contributed by atoms with Gasteiger partial charge in [0.25, 0.3) is 5.89 Å². The van der Waals surface area contributed by atoms with Gasteiger partial charge in [-0.05, 0) is 51.6 Å². The number of nitrogens with zero attached hydrogens (tertiary/aromatic N) is 3. The van der Waals surface area contributed by atoms with Crippen LogP contribution in [0.1, 0.15) is 33.0 Å². The molecular formula is C17H27ClN4O. The van der Waals surface area contributed by atoms with Gasteiger partial charge >= 0.3 is 0 Å². The first-order valence-corrected chi connectivity index (χ1v) is 8.03. The van der Waals surface area contributed by atoms with E-state index in [2.05, 4.69) is 53.3 Å². The van der Waals surface area contributed by atoms with Crippen molar-refractivity contribution >= 4 is 18.1 Å². The third-order valence-corrected chi connectivity index (χ3v) is 3.80. The van der Waals surface area contributed by atoms with Crippen LogP contribution in [0.4, 0.5) is 5.69 Å². The van der Waals surface area contributed by atoms with Crippen LogP contribution < -0.4 is 10.2 Å². The summed E-state index contributed by atoms with van der Waals surface area (Å²) in [6.07, 6.45) is 1.91. The summed E-state index contributed by atoms with van der Waals surface area (Å²) in [4.78, 5) is 6.83. The molecule has 0 aliphatic carbocycles. The van der Waals surface area contributed by atoms with Crippen molar-refractivity contribution in [3.63, 3.8) is 0 Å². The Kier molecular flexibility index (Phi) is 8.06. The molecule has 2 rings (SSSR count). The lowest BCUT2D eigenvalue weighted by atomic mass is 10.2. The monoisotopic (exact) mass is 338 g/mol. The van der Waals surface area contributed by atoms with Crippen LogP contribution in [-0.2, 0) is 6.42 Å². The van der Waals surface area contributed by atoms with Crippen LogP contribution >= 0.6 is 12.4 Å². The molecule has 0 saturated carbocycles. The molecule has 1 unspecified atom stereocenters. The second kappa shape index (κ2) is 9.53. The molecule has 1 atom stereocenters. The van der Waals surface area contributed by atoms with E-state index in [1.54, 1.807) is 0 Å². The predicted octanol–water partition coefficient (Wildman–Crippen LogP) is 3.55. The Morgan fingerprint density at radius 2 is 1.91 bits per heavy atom. The lowest BCUT2D eigenvalue weighted by molar-refractivity contribution is 0.418. The minimum Gasteiger partial charge on any atom is -0.372 e. The zero-order valence-electron chi connectivity index (χ0n) is 14.4. The first-order chi connectivity index (χ1) is 10.7. The number of anilines is 1. The molecule has 2 aromatic rings. The van der Waals surface area contributed by atoms with E-state index in [1.807, 2.05) is 19.2 Å². The van der Waals surface area contributed by atoms with Gasteiger partial charge in [0.1, 0.15) is 0 Å². The molecule has 0 saturated heterocycles. The highest BCUT2D eigenvalue weighted by atomic mass is 35.5. The van der Waals surface area contributed by atoms with E-state index in [9.17, 15) is 0 Å². The molecule has 0 fully saturated rings. The number of hydrogen-bond donors (Lipinski definition) is 1. The summed E-state index contributed by atoms with van der Waals surface area (Å²) in [6, 6.07) is 8.67. The quantitative estimate of drug-likeness (QED) is 0.797. The average Bonchev–Trinajstić information content (AvgIpc) is 3.01. The van der Waals surface area contributed by atoms with E-state index in [0.717, 1.165) is 37.3 Å². The van der Waals surface area contributed by atoms with Crippen LogP contribution in [0.5, 0.6) is 0 Å². The maximum absolute atomic E-state index is 5.37. The van der Waals surface area contributed by atoms with E-state index in [4.69, 9.17) is 4.52 Å².